The van der Waals surface area contributed by atoms with E-state index in [1.165, 1.54) is 27.5 Å². The fourth-order valence-corrected chi connectivity index (χ4v) is 4.84. The van der Waals surface area contributed by atoms with Gasteiger partial charge in [-0.25, -0.2) is 0 Å². The van der Waals surface area contributed by atoms with Crippen LogP contribution in [0.25, 0.3) is 21.8 Å². The summed E-state index contributed by atoms with van der Waals surface area (Å²) in [5.74, 6) is 0.158. The minimum atomic E-state index is 0.158. The van der Waals surface area contributed by atoms with Gasteiger partial charge in [-0.1, -0.05) is 54.6 Å². The van der Waals surface area contributed by atoms with Gasteiger partial charge in [0.1, 0.15) is 0 Å². The highest BCUT2D eigenvalue weighted by atomic mass is 32.1. The lowest BCUT2D eigenvalue weighted by Crippen LogP contribution is -2.31. The van der Waals surface area contributed by atoms with Crippen LogP contribution in [0, 0.1) is 0 Å². The first kappa shape index (κ1) is 22.2. The lowest BCUT2D eigenvalue weighted by molar-refractivity contribution is 0.204. The third-order valence-corrected chi connectivity index (χ3v) is 6.52. The molecule has 5 nitrogen and oxygen atoms in total. The molecule has 2 heterocycles. The minimum Gasteiger partial charge on any atom is -0.383 e. The molecule has 0 aliphatic rings. The van der Waals surface area contributed by atoms with Gasteiger partial charge in [0.05, 0.1) is 6.61 Å². The van der Waals surface area contributed by atoms with E-state index in [9.17, 15) is 0 Å². The number of nitrogens with one attached hydrogen (secondary N) is 4. The van der Waals surface area contributed by atoms with E-state index >= 15 is 0 Å². The quantitative estimate of drug-likeness (QED) is 0.168. The van der Waals surface area contributed by atoms with Crippen LogP contribution in [0.1, 0.15) is 22.6 Å². The number of H-pyrrole nitrogens is 2. The van der Waals surface area contributed by atoms with Crippen molar-refractivity contribution in [3.8, 4) is 0 Å². The molecule has 0 aliphatic heterocycles. The first-order chi connectivity index (χ1) is 16.7. The van der Waals surface area contributed by atoms with Gasteiger partial charge in [-0.15, -0.1) is 0 Å². The van der Waals surface area contributed by atoms with Gasteiger partial charge in [0.2, 0.25) is 0 Å². The average molecular weight is 469 g/mol. The van der Waals surface area contributed by atoms with E-state index in [2.05, 4.69) is 99.7 Å². The van der Waals surface area contributed by atoms with Gasteiger partial charge >= 0.3 is 0 Å². The van der Waals surface area contributed by atoms with Crippen LogP contribution in [0.5, 0.6) is 0 Å². The second-order valence-corrected chi connectivity index (χ2v) is 8.78. The monoisotopic (exact) mass is 468 g/mol. The van der Waals surface area contributed by atoms with E-state index in [1.807, 2.05) is 6.07 Å². The van der Waals surface area contributed by atoms with Gasteiger partial charge < -0.3 is 25.3 Å². The van der Waals surface area contributed by atoms with Gasteiger partial charge in [-0.2, -0.15) is 0 Å². The van der Waals surface area contributed by atoms with Crippen molar-refractivity contribution < 1.29 is 4.74 Å². The highest BCUT2D eigenvalue weighted by molar-refractivity contribution is 7.80. The van der Waals surface area contributed by atoms with Crippen molar-refractivity contribution in [1.82, 2.24) is 15.3 Å². The third kappa shape index (κ3) is 4.55. The van der Waals surface area contributed by atoms with Crippen LogP contribution >= 0.6 is 12.2 Å². The summed E-state index contributed by atoms with van der Waals surface area (Å²) in [5.41, 5.74) is 7.10. The molecule has 0 bridgehead atoms. The van der Waals surface area contributed by atoms with Crippen LogP contribution in [0.2, 0.25) is 0 Å². The summed E-state index contributed by atoms with van der Waals surface area (Å²) in [6.45, 7) is 1.27. The minimum absolute atomic E-state index is 0.158. The molecule has 0 saturated carbocycles. The summed E-state index contributed by atoms with van der Waals surface area (Å²) in [6.07, 6.45) is 5.14. The number of aromatic amines is 2. The Morgan fingerprint density at radius 2 is 1.44 bits per heavy atom. The number of aromatic nitrogens is 2. The average Bonchev–Trinajstić information content (AvgIpc) is 3.48. The van der Waals surface area contributed by atoms with Crippen molar-refractivity contribution in [2.24, 2.45) is 0 Å². The van der Waals surface area contributed by atoms with E-state index in [1.54, 1.807) is 7.11 Å². The fraction of sp³-hybridized carbons (Fsp3) is 0.179. The third-order valence-electron chi connectivity index (χ3n) is 6.27. The standard InChI is InChI=1S/C28H28N4OS/c1-33-15-14-29-28(34)32-25-11-5-2-8-19(25)16-22(23-17-30-26-12-6-3-9-20(23)26)24-18-31-27-13-7-4-10-21(24)27/h2-13,17-18,22,30-31H,14-16H2,1H3,(H2,29,32,34). The molecule has 0 amide bonds. The van der Waals surface area contributed by atoms with Gasteiger partial charge in [-0.3, -0.25) is 0 Å². The first-order valence-corrected chi connectivity index (χ1v) is 11.9. The molecule has 0 radical (unpaired) electrons. The molecule has 6 heteroatoms. The van der Waals surface area contributed by atoms with E-state index in [0.717, 1.165) is 23.1 Å². The Balaban J connectivity index is 1.54. The lowest BCUT2D eigenvalue weighted by atomic mass is 9.85. The molecule has 0 fully saturated rings. The zero-order valence-electron chi connectivity index (χ0n) is 19.1. The second kappa shape index (κ2) is 10.1. The number of thiocarbonyl (C=S) groups is 1. The Kier molecular flexibility index (Phi) is 6.60. The SMILES string of the molecule is COCCNC(=S)Nc1ccccc1CC(c1c[nH]c2ccccc12)c1c[nH]c2ccccc12. The Hall–Kier alpha value is -3.61. The Morgan fingerprint density at radius 1 is 0.853 bits per heavy atom. The Bertz CT molecular complexity index is 1350. The molecular formula is C28H28N4OS. The normalized spacial score (nSPS) is 11.4. The summed E-state index contributed by atoms with van der Waals surface area (Å²) in [4.78, 5) is 6.94. The number of rotatable bonds is 8. The van der Waals surface area contributed by atoms with Crippen molar-refractivity contribution >= 4 is 44.8 Å². The largest absolute Gasteiger partial charge is 0.383 e. The number of anilines is 1. The maximum absolute atomic E-state index is 5.52. The highest BCUT2D eigenvalue weighted by Gasteiger charge is 2.23. The lowest BCUT2D eigenvalue weighted by Gasteiger charge is -2.20. The predicted molar refractivity (Wildman–Crippen MR) is 145 cm³/mol. The van der Waals surface area contributed by atoms with E-state index < -0.39 is 0 Å². The number of benzene rings is 3. The highest BCUT2D eigenvalue weighted by Crippen LogP contribution is 2.38. The fourth-order valence-electron chi connectivity index (χ4n) is 4.63. The van der Waals surface area contributed by atoms with E-state index in [-0.39, 0.29) is 5.92 Å². The van der Waals surface area contributed by atoms with Crippen LogP contribution < -0.4 is 10.6 Å². The maximum Gasteiger partial charge on any atom is 0.170 e. The molecule has 0 saturated heterocycles. The molecule has 172 valence electrons. The molecule has 0 atom stereocenters. The molecule has 2 aromatic heterocycles. The van der Waals surface area contributed by atoms with Crippen molar-refractivity contribution in [1.29, 1.82) is 0 Å². The summed E-state index contributed by atoms with van der Waals surface area (Å²) in [7, 11) is 1.68. The predicted octanol–water partition coefficient (Wildman–Crippen LogP) is 5.96. The second-order valence-electron chi connectivity index (χ2n) is 8.37. The zero-order valence-corrected chi connectivity index (χ0v) is 19.9. The van der Waals surface area contributed by atoms with Gasteiger partial charge in [-0.05, 0) is 53.5 Å². The van der Waals surface area contributed by atoms with E-state index in [0.29, 0.717) is 18.3 Å². The number of hydrogen-bond acceptors (Lipinski definition) is 2. The van der Waals surface area contributed by atoms with Crippen molar-refractivity contribution in [2.45, 2.75) is 12.3 Å². The summed E-state index contributed by atoms with van der Waals surface area (Å²) in [5, 5.41) is 9.69. The van der Waals surface area contributed by atoms with Crippen LogP contribution in [-0.2, 0) is 11.2 Å². The number of hydrogen-bond donors (Lipinski definition) is 4. The van der Waals surface area contributed by atoms with Crippen LogP contribution in [0.4, 0.5) is 5.69 Å². The Morgan fingerprint density at radius 3 is 2.09 bits per heavy atom. The Labute approximate surface area is 204 Å². The van der Waals surface area contributed by atoms with Gasteiger partial charge in [0, 0.05) is 59.5 Å². The molecule has 5 rings (SSSR count). The topological polar surface area (TPSA) is 64.9 Å². The zero-order chi connectivity index (χ0) is 23.3. The first-order valence-electron chi connectivity index (χ1n) is 11.5. The van der Waals surface area contributed by atoms with Crippen LogP contribution in [0.3, 0.4) is 0 Å². The van der Waals surface area contributed by atoms with Gasteiger partial charge in [0.15, 0.2) is 5.11 Å². The van der Waals surface area contributed by atoms with Gasteiger partial charge in [0.25, 0.3) is 0 Å². The molecule has 0 unspecified atom stereocenters. The van der Waals surface area contributed by atoms with Crippen molar-refractivity contribution in [3.05, 3.63) is 102 Å². The molecule has 3 aromatic carbocycles. The molecule has 4 N–H and O–H groups in total. The molecule has 5 aromatic rings. The van der Waals surface area contributed by atoms with Crippen LogP contribution in [0.15, 0.2) is 85.2 Å². The summed E-state index contributed by atoms with van der Waals surface area (Å²) in [6, 6.07) is 25.4. The summed E-state index contributed by atoms with van der Waals surface area (Å²) < 4.78 is 5.12. The number of methoxy groups -OCH3 is 1. The smallest absolute Gasteiger partial charge is 0.170 e. The molecular weight excluding hydrogens is 440 g/mol. The number of fused-ring (bicyclic) bond motifs is 2. The van der Waals surface area contributed by atoms with Crippen LogP contribution in [-0.4, -0.2) is 35.3 Å². The molecule has 34 heavy (non-hydrogen) atoms. The number of para-hydroxylation sites is 3. The van der Waals surface area contributed by atoms with Crippen molar-refractivity contribution in [3.63, 3.8) is 0 Å². The maximum atomic E-state index is 5.52. The summed E-state index contributed by atoms with van der Waals surface area (Å²) >= 11 is 5.52. The molecule has 0 aliphatic carbocycles. The number of ether oxygens (including phenoxy) is 1. The molecule has 0 spiro atoms. The van der Waals surface area contributed by atoms with Crippen molar-refractivity contribution in [2.75, 3.05) is 25.6 Å². The van der Waals surface area contributed by atoms with E-state index in [4.69, 9.17) is 17.0 Å².